The van der Waals surface area contributed by atoms with Crippen molar-refractivity contribution in [2.24, 2.45) is 10.9 Å². The molecule has 4 N–H and O–H groups in total. The monoisotopic (exact) mass is 474 g/mol. The first-order valence-electron chi connectivity index (χ1n) is 8.34. The molecule has 150 valence electrons. The molecule has 1 aromatic heterocycles. The highest BCUT2D eigenvalue weighted by Gasteiger charge is 2.71. The first-order chi connectivity index (χ1) is 13.3. The van der Waals surface area contributed by atoms with E-state index in [1.165, 1.54) is 18.2 Å². The van der Waals surface area contributed by atoms with Gasteiger partial charge in [-0.2, -0.15) is 0 Å². The van der Waals surface area contributed by atoms with Crippen LogP contribution in [0, 0.1) is 11.7 Å². The maximum absolute atomic E-state index is 13.3. The molecule has 0 aliphatic heterocycles. The summed E-state index contributed by atoms with van der Waals surface area (Å²) in [6, 6.07) is 4.02. The minimum Gasteiger partial charge on any atom is -0.364 e. The summed E-state index contributed by atoms with van der Waals surface area (Å²) >= 11 is 3.05. The highest BCUT2D eigenvalue weighted by atomic mass is 79.9. The number of amidine groups is 1. The van der Waals surface area contributed by atoms with Crippen molar-refractivity contribution in [3.8, 4) is 0 Å². The van der Waals surface area contributed by atoms with Gasteiger partial charge in [0.15, 0.2) is 11.5 Å². The summed E-state index contributed by atoms with van der Waals surface area (Å²) < 4.78 is 45.1. The number of nitrogens with zero attached hydrogens (tertiary/aromatic N) is 3. The average molecular weight is 475 g/mol. The van der Waals surface area contributed by atoms with Crippen LogP contribution in [-0.2, 0) is 10.0 Å². The predicted octanol–water partition coefficient (Wildman–Crippen LogP) is 1.52. The summed E-state index contributed by atoms with van der Waals surface area (Å²) in [7, 11) is -3.41. The van der Waals surface area contributed by atoms with Crippen molar-refractivity contribution in [1.82, 2.24) is 20.5 Å². The van der Waals surface area contributed by atoms with E-state index in [-0.39, 0.29) is 39.7 Å². The molecule has 10 nitrogen and oxygen atoms in total. The van der Waals surface area contributed by atoms with E-state index in [1.54, 1.807) is 0 Å². The molecule has 2 aliphatic carbocycles. The highest BCUT2D eigenvalue weighted by molar-refractivity contribution is 9.10. The third-order valence-corrected chi connectivity index (χ3v) is 6.73. The molecule has 0 atom stereocenters. The maximum Gasteiger partial charge on any atom is 0.213 e. The first-order valence-corrected chi connectivity index (χ1v) is 10.8. The van der Waals surface area contributed by atoms with E-state index < -0.39 is 15.8 Å². The summed E-state index contributed by atoms with van der Waals surface area (Å²) in [5, 5.41) is 19.5. The van der Waals surface area contributed by atoms with Crippen molar-refractivity contribution >= 4 is 43.3 Å². The van der Waals surface area contributed by atoms with Crippen LogP contribution < -0.4 is 15.5 Å². The molecule has 4 rings (SSSR count). The molecule has 1 heterocycles. The molecule has 2 fully saturated rings. The zero-order valence-corrected chi connectivity index (χ0v) is 16.7. The van der Waals surface area contributed by atoms with Crippen LogP contribution in [0.3, 0.4) is 0 Å². The lowest BCUT2D eigenvalue weighted by molar-refractivity contribution is 0.234. The molecule has 2 aliphatic rings. The van der Waals surface area contributed by atoms with Gasteiger partial charge in [-0.25, -0.2) is 27.2 Å². The van der Waals surface area contributed by atoms with Gasteiger partial charge in [-0.15, -0.1) is 0 Å². The molecule has 28 heavy (non-hydrogen) atoms. The quantitative estimate of drug-likeness (QED) is 0.256. The summed E-state index contributed by atoms with van der Waals surface area (Å²) in [4.78, 5) is 4.13. The lowest BCUT2D eigenvalue weighted by atomic mass is 10.3. The number of sulfonamides is 1. The number of hydrogen-bond donors (Lipinski definition) is 4. The Morgan fingerprint density at radius 1 is 1.43 bits per heavy atom. The SMILES string of the molecule is O=S(=O)(CCNc1nonc1C(=Nc1ccc(F)c(Br)c1)NO)NC12CC1C2. The van der Waals surface area contributed by atoms with Crippen molar-refractivity contribution in [2.75, 3.05) is 17.6 Å². The smallest absolute Gasteiger partial charge is 0.213 e. The molecule has 0 saturated heterocycles. The molecule has 2 saturated carbocycles. The zero-order valence-electron chi connectivity index (χ0n) is 14.3. The Kier molecular flexibility index (Phi) is 4.85. The highest BCUT2D eigenvalue weighted by Crippen LogP contribution is 2.66. The Balaban J connectivity index is 1.43. The van der Waals surface area contributed by atoms with Gasteiger partial charge in [-0.05, 0) is 63.2 Å². The van der Waals surface area contributed by atoms with Gasteiger partial charge in [-0.1, -0.05) is 0 Å². The summed E-state index contributed by atoms with van der Waals surface area (Å²) in [6.07, 6.45) is 1.83. The van der Waals surface area contributed by atoms with Crippen LogP contribution in [0.15, 0.2) is 32.3 Å². The van der Waals surface area contributed by atoms with Crippen molar-refractivity contribution in [3.05, 3.63) is 34.2 Å². The lowest BCUT2D eigenvalue weighted by Gasteiger charge is -2.09. The van der Waals surface area contributed by atoms with Crippen LogP contribution in [0.2, 0.25) is 0 Å². The van der Waals surface area contributed by atoms with Crippen molar-refractivity contribution < 1.29 is 22.6 Å². The molecule has 0 unspecified atom stereocenters. The van der Waals surface area contributed by atoms with Gasteiger partial charge in [0.2, 0.25) is 15.8 Å². The number of aromatic nitrogens is 2. The van der Waals surface area contributed by atoms with Crippen LogP contribution in [0.4, 0.5) is 15.9 Å². The number of nitrogens with one attached hydrogen (secondary N) is 3. The maximum atomic E-state index is 13.3. The molecule has 13 heteroatoms. The second kappa shape index (κ2) is 7.06. The van der Waals surface area contributed by atoms with E-state index in [0.29, 0.717) is 11.6 Å². The van der Waals surface area contributed by atoms with Gasteiger partial charge < -0.3 is 5.32 Å². The minimum absolute atomic E-state index is 0.0383. The predicted molar refractivity (Wildman–Crippen MR) is 100 cm³/mol. The molecular formula is C15H16BrFN6O4S. The number of hydrogen-bond acceptors (Lipinski definition) is 8. The number of anilines is 1. The fourth-order valence-corrected chi connectivity index (χ4v) is 4.60. The molecule has 2 aromatic rings. The van der Waals surface area contributed by atoms with Crippen molar-refractivity contribution in [2.45, 2.75) is 18.4 Å². The van der Waals surface area contributed by atoms with Crippen LogP contribution in [0.1, 0.15) is 18.5 Å². The van der Waals surface area contributed by atoms with Crippen molar-refractivity contribution in [3.63, 3.8) is 0 Å². The standard InChI is InChI=1S/C15H16BrFN6O4S/c16-10-5-9(1-2-11(10)17)19-14(20-24)12-13(22-27-21-12)18-3-4-28(25,26)23-15-6-8(15)7-15/h1-2,5,8,23-24H,3-4,6-7H2,(H,18,22)(H,19,20). The number of benzene rings is 1. The van der Waals surface area contributed by atoms with Gasteiger partial charge in [0.25, 0.3) is 0 Å². The van der Waals surface area contributed by atoms with Crippen LogP contribution in [0.5, 0.6) is 0 Å². The Hall–Kier alpha value is -2.09. The number of fused-ring (bicyclic) bond motifs is 1. The average Bonchev–Trinajstić information content (AvgIpc) is 3.40. The van der Waals surface area contributed by atoms with Crippen LogP contribution in [-0.4, -0.2) is 47.6 Å². The fraction of sp³-hybridized carbons (Fsp3) is 0.400. The van der Waals surface area contributed by atoms with E-state index >= 15 is 0 Å². The molecule has 0 amide bonds. The van der Waals surface area contributed by atoms with Crippen LogP contribution >= 0.6 is 15.9 Å². The Morgan fingerprint density at radius 2 is 2.18 bits per heavy atom. The summed E-state index contributed by atoms with van der Waals surface area (Å²) in [5.41, 5.74) is 2.08. The molecule has 0 spiro atoms. The number of hydroxylamine groups is 1. The van der Waals surface area contributed by atoms with Gasteiger partial charge in [-0.3, -0.25) is 10.7 Å². The number of rotatable bonds is 8. The summed E-state index contributed by atoms with van der Waals surface area (Å²) in [6.45, 7) is 0.0537. The Bertz CT molecular complexity index is 1040. The minimum atomic E-state index is -3.41. The normalized spacial score (nSPS) is 23.2. The van der Waals surface area contributed by atoms with Gasteiger partial charge in [0.1, 0.15) is 5.82 Å². The van der Waals surface area contributed by atoms with E-state index in [1.807, 2.05) is 5.48 Å². The lowest BCUT2D eigenvalue weighted by Crippen LogP contribution is -2.35. The van der Waals surface area contributed by atoms with E-state index in [2.05, 4.69) is 45.9 Å². The van der Waals surface area contributed by atoms with Crippen molar-refractivity contribution in [1.29, 1.82) is 0 Å². The van der Waals surface area contributed by atoms with E-state index in [0.717, 1.165) is 12.8 Å². The Morgan fingerprint density at radius 3 is 2.82 bits per heavy atom. The molecule has 0 bridgehead atoms. The molecule has 0 radical (unpaired) electrons. The molecular weight excluding hydrogens is 459 g/mol. The van der Waals surface area contributed by atoms with E-state index in [4.69, 9.17) is 0 Å². The van der Waals surface area contributed by atoms with Gasteiger partial charge in [0, 0.05) is 12.1 Å². The van der Waals surface area contributed by atoms with Gasteiger partial charge in [0.05, 0.1) is 15.9 Å². The summed E-state index contributed by atoms with van der Waals surface area (Å²) in [5.74, 6) is -0.118. The Labute approximate surface area is 167 Å². The van der Waals surface area contributed by atoms with Gasteiger partial charge >= 0.3 is 0 Å². The molecule has 1 aromatic carbocycles. The third kappa shape index (κ3) is 4.01. The fourth-order valence-electron chi connectivity index (χ4n) is 2.81. The second-order valence-electron chi connectivity index (χ2n) is 6.74. The number of aliphatic imine (C=N–C) groups is 1. The first kappa shape index (κ1) is 19.2. The zero-order chi connectivity index (χ0) is 19.9. The largest absolute Gasteiger partial charge is 0.364 e. The second-order valence-corrected chi connectivity index (χ2v) is 9.44. The topological polar surface area (TPSA) is 142 Å². The third-order valence-electron chi connectivity index (χ3n) is 4.67. The van der Waals surface area contributed by atoms with E-state index in [9.17, 15) is 18.0 Å². The number of halogens is 2. The van der Waals surface area contributed by atoms with Crippen LogP contribution in [0.25, 0.3) is 0 Å².